The Morgan fingerprint density at radius 3 is 3.00 bits per heavy atom. The Morgan fingerprint density at radius 1 is 1.64 bits per heavy atom. The van der Waals surface area contributed by atoms with E-state index >= 15 is 0 Å². The molecule has 0 saturated heterocycles. The first kappa shape index (κ1) is 11.4. The predicted octanol–water partition coefficient (Wildman–Crippen LogP) is 2.54. The number of nitrogens with zero attached hydrogens (tertiary/aromatic N) is 1. The Balaban J connectivity index is 2.26. The van der Waals surface area contributed by atoms with Crippen LogP contribution >= 0.6 is 21.6 Å². The van der Waals surface area contributed by atoms with Crippen LogP contribution in [0.4, 0.5) is 0 Å². The number of pyridine rings is 1. The molecule has 1 N–H and O–H groups in total. The lowest BCUT2D eigenvalue weighted by atomic mass is 10.2. The summed E-state index contributed by atoms with van der Waals surface area (Å²) < 4.78 is 0. The van der Waals surface area contributed by atoms with Gasteiger partial charge >= 0.3 is 5.97 Å². The van der Waals surface area contributed by atoms with Crippen molar-refractivity contribution in [3.05, 3.63) is 24.4 Å². The van der Waals surface area contributed by atoms with Gasteiger partial charge in [-0.2, -0.15) is 0 Å². The highest BCUT2D eigenvalue weighted by Gasteiger charge is 2.10. The van der Waals surface area contributed by atoms with Crippen LogP contribution in [0.2, 0.25) is 0 Å². The van der Waals surface area contributed by atoms with Crippen molar-refractivity contribution in [3.63, 3.8) is 0 Å². The lowest BCUT2D eigenvalue weighted by molar-refractivity contribution is -0.140. The van der Waals surface area contributed by atoms with E-state index in [9.17, 15) is 4.79 Å². The highest BCUT2D eigenvalue weighted by Crippen LogP contribution is 2.30. The standard InChI is InChI=1S/C9H11NO2S2/c1-7(9(11)12)6-13-14-8-4-2-3-5-10-8/h2-5,7H,6H2,1H3,(H,11,12). The van der Waals surface area contributed by atoms with Crippen molar-refractivity contribution in [1.29, 1.82) is 0 Å². The van der Waals surface area contributed by atoms with E-state index < -0.39 is 5.97 Å². The zero-order valence-corrected chi connectivity index (χ0v) is 9.35. The van der Waals surface area contributed by atoms with Crippen molar-refractivity contribution < 1.29 is 9.90 Å². The van der Waals surface area contributed by atoms with Gasteiger partial charge in [0.05, 0.1) is 5.92 Å². The summed E-state index contributed by atoms with van der Waals surface area (Å²) in [7, 11) is 3.02. The molecule has 0 spiro atoms. The van der Waals surface area contributed by atoms with Crippen molar-refractivity contribution in [2.24, 2.45) is 5.92 Å². The molecule has 0 amide bonds. The van der Waals surface area contributed by atoms with Gasteiger partial charge in [0.1, 0.15) is 5.03 Å². The van der Waals surface area contributed by atoms with Crippen LogP contribution in [-0.2, 0) is 4.79 Å². The maximum Gasteiger partial charge on any atom is 0.307 e. The first-order valence-electron chi connectivity index (χ1n) is 4.13. The fourth-order valence-electron chi connectivity index (χ4n) is 0.664. The average molecular weight is 229 g/mol. The van der Waals surface area contributed by atoms with Crippen molar-refractivity contribution in [2.75, 3.05) is 5.75 Å². The highest BCUT2D eigenvalue weighted by molar-refractivity contribution is 8.76. The van der Waals surface area contributed by atoms with Crippen LogP contribution in [0.25, 0.3) is 0 Å². The smallest absolute Gasteiger partial charge is 0.307 e. The third kappa shape index (κ3) is 4.02. The van der Waals surface area contributed by atoms with E-state index in [1.165, 1.54) is 21.6 Å². The van der Waals surface area contributed by atoms with Crippen LogP contribution in [-0.4, -0.2) is 21.8 Å². The number of carbonyl (C=O) groups is 1. The summed E-state index contributed by atoms with van der Waals surface area (Å²) in [5.74, 6) is -0.466. The van der Waals surface area contributed by atoms with Crippen LogP contribution in [0.15, 0.2) is 29.4 Å². The molecule has 1 heterocycles. The predicted molar refractivity (Wildman–Crippen MR) is 59.4 cm³/mol. The molecule has 14 heavy (non-hydrogen) atoms. The highest BCUT2D eigenvalue weighted by atomic mass is 33.1. The Morgan fingerprint density at radius 2 is 2.43 bits per heavy atom. The third-order valence-electron chi connectivity index (χ3n) is 1.52. The Hall–Kier alpha value is -0.680. The van der Waals surface area contributed by atoms with E-state index in [0.717, 1.165) is 5.03 Å². The first-order valence-corrected chi connectivity index (χ1v) is 6.45. The number of carboxylic acid groups (broad SMARTS) is 1. The van der Waals surface area contributed by atoms with Gasteiger partial charge < -0.3 is 5.11 Å². The summed E-state index contributed by atoms with van der Waals surface area (Å²) in [5, 5.41) is 9.55. The van der Waals surface area contributed by atoms with Crippen LogP contribution in [0.3, 0.4) is 0 Å². The second-order valence-corrected chi connectivity index (χ2v) is 5.14. The van der Waals surface area contributed by atoms with Gasteiger partial charge in [0.25, 0.3) is 0 Å². The van der Waals surface area contributed by atoms with Gasteiger partial charge in [0, 0.05) is 11.9 Å². The molecule has 0 aromatic carbocycles. The number of hydrogen-bond acceptors (Lipinski definition) is 4. The lowest BCUT2D eigenvalue weighted by Crippen LogP contribution is -2.11. The van der Waals surface area contributed by atoms with Crippen LogP contribution < -0.4 is 0 Å². The summed E-state index contributed by atoms with van der Waals surface area (Å²) in [4.78, 5) is 14.6. The number of carboxylic acids is 1. The van der Waals surface area contributed by atoms with E-state index in [-0.39, 0.29) is 5.92 Å². The number of rotatable bonds is 5. The molecule has 5 heteroatoms. The molecule has 0 aliphatic rings. The van der Waals surface area contributed by atoms with Crippen LogP contribution in [0.5, 0.6) is 0 Å². The number of aromatic nitrogens is 1. The molecule has 0 aliphatic heterocycles. The number of hydrogen-bond donors (Lipinski definition) is 1. The maximum absolute atomic E-state index is 10.5. The summed E-state index contributed by atoms with van der Waals surface area (Å²) >= 11 is 0. The molecule has 1 atom stereocenters. The van der Waals surface area contributed by atoms with Gasteiger partial charge in [-0.15, -0.1) is 0 Å². The van der Waals surface area contributed by atoms with E-state index in [0.29, 0.717) is 5.75 Å². The maximum atomic E-state index is 10.5. The molecule has 0 aliphatic carbocycles. The third-order valence-corrected chi connectivity index (χ3v) is 3.96. The zero-order chi connectivity index (χ0) is 10.4. The summed E-state index contributed by atoms with van der Waals surface area (Å²) in [6.07, 6.45) is 1.73. The molecule has 1 aromatic heterocycles. The molecule has 0 fully saturated rings. The van der Waals surface area contributed by atoms with Gasteiger partial charge in [0.2, 0.25) is 0 Å². The Bertz CT molecular complexity index is 292. The molecule has 0 radical (unpaired) electrons. The second-order valence-electron chi connectivity index (χ2n) is 2.78. The molecule has 3 nitrogen and oxygen atoms in total. The molecule has 1 unspecified atom stereocenters. The van der Waals surface area contributed by atoms with Gasteiger partial charge in [0.15, 0.2) is 0 Å². The second kappa shape index (κ2) is 5.93. The quantitative estimate of drug-likeness (QED) is 0.786. The monoisotopic (exact) mass is 229 g/mol. The normalized spacial score (nSPS) is 12.4. The van der Waals surface area contributed by atoms with E-state index in [4.69, 9.17) is 5.11 Å². The lowest BCUT2D eigenvalue weighted by Gasteiger charge is -2.03. The molecule has 1 aromatic rings. The average Bonchev–Trinajstić information content (AvgIpc) is 2.19. The minimum Gasteiger partial charge on any atom is -0.481 e. The minimum absolute atomic E-state index is 0.309. The fraction of sp³-hybridized carbons (Fsp3) is 0.333. The van der Waals surface area contributed by atoms with E-state index in [1.807, 2.05) is 18.2 Å². The Labute approximate surface area is 90.7 Å². The van der Waals surface area contributed by atoms with Gasteiger partial charge in [-0.25, -0.2) is 4.98 Å². The molecule has 1 rings (SSSR count). The van der Waals surface area contributed by atoms with Crippen molar-refractivity contribution in [1.82, 2.24) is 4.98 Å². The number of aliphatic carboxylic acids is 1. The summed E-state index contributed by atoms with van der Waals surface area (Å²) in [5.41, 5.74) is 0. The van der Waals surface area contributed by atoms with Gasteiger partial charge in [-0.05, 0) is 22.9 Å². The molecular weight excluding hydrogens is 218 g/mol. The molecule has 76 valence electrons. The minimum atomic E-state index is -0.751. The summed E-state index contributed by atoms with van der Waals surface area (Å²) in [6.45, 7) is 1.70. The summed E-state index contributed by atoms with van der Waals surface area (Å²) in [6, 6.07) is 5.67. The van der Waals surface area contributed by atoms with Crippen molar-refractivity contribution in [3.8, 4) is 0 Å². The SMILES string of the molecule is CC(CSSc1ccccn1)C(=O)O. The first-order chi connectivity index (χ1) is 6.70. The Kier molecular flexibility index (Phi) is 4.82. The van der Waals surface area contributed by atoms with Crippen LogP contribution in [0, 0.1) is 5.92 Å². The molecule has 0 bridgehead atoms. The van der Waals surface area contributed by atoms with E-state index in [2.05, 4.69) is 4.98 Å². The van der Waals surface area contributed by atoms with Gasteiger partial charge in [-0.3, -0.25) is 4.79 Å². The van der Waals surface area contributed by atoms with Gasteiger partial charge in [-0.1, -0.05) is 23.8 Å². The largest absolute Gasteiger partial charge is 0.481 e. The van der Waals surface area contributed by atoms with E-state index in [1.54, 1.807) is 13.1 Å². The fourth-order valence-corrected chi connectivity index (χ4v) is 2.91. The van der Waals surface area contributed by atoms with Crippen molar-refractivity contribution >= 4 is 27.6 Å². The zero-order valence-electron chi connectivity index (χ0n) is 7.71. The molecular formula is C9H11NO2S2. The van der Waals surface area contributed by atoms with Crippen LogP contribution in [0.1, 0.15) is 6.92 Å². The molecule has 0 saturated carbocycles. The topological polar surface area (TPSA) is 50.2 Å². The van der Waals surface area contributed by atoms with Crippen molar-refractivity contribution in [2.45, 2.75) is 11.9 Å².